The summed E-state index contributed by atoms with van der Waals surface area (Å²) in [6, 6.07) is 0. The summed E-state index contributed by atoms with van der Waals surface area (Å²) in [6.45, 7) is 5.46. The van der Waals surface area contributed by atoms with Crippen molar-refractivity contribution < 1.29 is 0 Å². The first-order valence-corrected chi connectivity index (χ1v) is 7.31. The van der Waals surface area contributed by atoms with Gasteiger partial charge in [-0.2, -0.15) is 0 Å². The molecule has 1 aromatic rings. The van der Waals surface area contributed by atoms with Gasteiger partial charge in [0.2, 0.25) is 0 Å². The van der Waals surface area contributed by atoms with E-state index in [0.29, 0.717) is 0 Å². The third-order valence-electron chi connectivity index (χ3n) is 3.28. The summed E-state index contributed by atoms with van der Waals surface area (Å²) in [7, 11) is 0. The molecule has 0 N–H and O–H groups in total. The molecular weight excluding hydrogens is 208 g/mol. The van der Waals surface area contributed by atoms with Crippen LogP contribution in [0.5, 0.6) is 0 Å². The van der Waals surface area contributed by atoms with Crippen molar-refractivity contribution in [1.82, 2.24) is 9.55 Å². The highest BCUT2D eigenvalue weighted by Gasteiger charge is 1.94. The molecule has 0 amide bonds. The number of nitrogens with zero attached hydrogens (tertiary/aromatic N) is 2. The van der Waals surface area contributed by atoms with Gasteiger partial charge >= 0.3 is 0 Å². The van der Waals surface area contributed by atoms with Crippen LogP contribution in [0.4, 0.5) is 0 Å². The number of aryl methyl sites for hydroxylation is 2. The summed E-state index contributed by atoms with van der Waals surface area (Å²) < 4.78 is 2.20. The van der Waals surface area contributed by atoms with Crippen molar-refractivity contribution in [3.05, 3.63) is 18.2 Å². The summed E-state index contributed by atoms with van der Waals surface area (Å²) in [5.74, 6) is 0. The van der Waals surface area contributed by atoms with Gasteiger partial charge in [-0.1, -0.05) is 58.3 Å². The quantitative estimate of drug-likeness (QED) is 0.537. The minimum Gasteiger partial charge on any atom is -0.337 e. The van der Waals surface area contributed by atoms with Crippen molar-refractivity contribution in [3.8, 4) is 0 Å². The zero-order valence-electron chi connectivity index (χ0n) is 11.6. The van der Waals surface area contributed by atoms with Gasteiger partial charge in [0.15, 0.2) is 0 Å². The number of aromatic nitrogens is 2. The zero-order chi connectivity index (χ0) is 12.3. The molecule has 1 rings (SSSR count). The van der Waals surface area contributed by atoms with Crippen molar-refractivity contribution in [1.29, 1.82) is 0 Å². The Morgan fingerprint density at radius 1 is 0.941 bits per heavy atom. The second kappa shape index (κ2) is 9.26. The highest BCUT2D eigenvalue weighted by Crippen LogP contribution is 2.10. The number of rotatable bonds is 10. The number of imidazole rings is 1. The van der Waals surface area contributed by atoms with Crippen molar-refractivity contribution in [3.63, 3.8) is 0 Å². The summed E-state index contributed by atoms with van der Waals surface area (Å²) in [4.78, 5) is 4.24. The monoisotopic (exact) mass is 236 g/mol. The van der Waals surface area contributed by atoms with E-state index >= 15 is 0 Å². The molecule has 0 saturated heterocycles. The Bertz CT molecular complexity index is 278. The maximum Gasteiger partial charge on any atom is 0.0949 e. The Balaban J connectivity index is 1.84. The van der Waals surface area contributed by atoms with Crippen LogP contribution >= 0.6 is 0 Å². The molecule has 1 heterocycles. The summed E-state index contributed by atoms with van der Waals surface area (Å²) in [5.41, 5.74) is 1.13. The molecule has 0 aliphatic rings. The summed E-state index contributed by atoms with van der Waals surface area (Å²) in [5, 5.41) is 0. The minimum absolute atomic E-state index is 1.13. The molecule has 0 spiro atoms. The molecule has 17 heavy (non-hydrogen) atoms. The van der Waals surface area contributed by atoms with Gasteiger partial charge in [0.1, 0.15) is 0 Å². The van der Waals surface area contributed by atoms with Crippen molar-refractivity contribution in [2.24, 2.45) is 0 Å². The summed E-state index contributed by atoms with van der Waals surface area (Å²) in [6.07, 6.45) is 16.6. The van der Waals surface area contributed by atoms with E-state index in [9.17, 15) is 0 Å². The first kappa shape index (κ1) is 14.3. The third kappa shape index (κ3) is 7.19. The number of unbranched alkanes of at least 4 members (excludes halogenated alkanes) is 8. The predicted molar refractivity (Wildman–Crippen MR) is 74.2 cm³/mol. The molecule has 0 aliphatic heterocycles. The van der Waals surface area contributed by atoms with E-state index in [1.54, 1.807) is 0 Å². The fraction of sp³-hybridized carbons (Fsp3) is 0.800. The molecule has 0 radical (unpaired) electrons. The molecule has 0 bridgehead atoms. The number of hydrogen-bond acceptors (Lipinski definition) is 1. The van der Waals surface area contributed by atoms with Crippen LogP contribution in [0.1, 0.15) is 70.4 Å². The van der Waals surface area contributed by atoms with Crippen LogP contribution in [0.15, 0.2) is 12.5 Å². The van der Waals surface area contributed by atoms with E-state index < -0.39 is 0 Å². The molecule has 1 aromatic heterocycles. The smallest absolute Gasteiger partial charge is 0.0949 e. The molecule has 2 heteroatoms. The molecule has 98 valence electrons. The van der Waals surface area contributed by atoms with Crippen molar-refractivity contribution in [2.45, 2.75) is 78.2 Å². The van der Waals surface area contributed by atoms with Gasteiger partial charge in [0.25, 0.3) is 0 Å². The average Bonchev–Trinajstić information content (AvgIpc) is 2.73. The van der Waals surface area contributed by atoms with Gasteiger partial charge in [-0.25, -0.2) is 4.98 Å². The Morgan fingerprint density at radius 2 is 1.53 bits per heavy atom. The molecule has 0 saturated carbocycles. The van der Waals surface area contributed by atoms with E-state index in [4.69, 9.17) is 0 Å². The maximum absolute atomic E-state index is 4.24. The highest BCUT2D eigenvalue weighted by atomic mass is 15.0. The first-order valence-electron chi connectivity index (χ1n) is 7.31. The molecule has 0 fully saturated rings. The Kier molecular flexibility index (Phi) is 7.78. The SMILES string of the molecule is CCCCCCCCCCCn1cnc(C)c1. The lowest BCUT2D eigenvalue weighted by atomic mass is 10.1. The molecule has 0 aliphatic carbocycles. The summed E-state index contributed by atoms with van der Waals surface area (Å²) >= 11 is 0. The van der Waals surface area contributed by atoms with Gasteiger partial charge in [-0.3, -0.25) is 0 Å². The second-order valence-corrected chi connectivity index (χ2v) is 5.08. The maximum atomic E-state index is 4.24. The largest absolute Gasteiger partial charge is 0.337 e. The van der Waals surface area contributed by atoms with Crippen LogP contribution in [0.25, 0.3) is 0 Å². The normalized spacial score (nSPS) is 10.9. The Morgan fingerprint density at radius 3 is 2.06 bits per heavy atom. The van der Waals surface area contributed by atoms with Crippen LogP contribution < -0.4 is 0 Å². The zero-order valence-corrected chi connectivity index (χ0v) is 11.6. The highest BCUT2D eigenvalue weighted by molar-refractivity contribution is 4.91. The lowest BCUT2D eigenvalue weighted by Crippen LogP contribution is -1.94. The van der Waals surface area contributed by atoms with E-state index in [0.717, 1.165) is 12.2 Å². The van der Waals surface area contributed by atoms with Gasteiger partial charge < -0.3 is 4.57 Å². The second-order valence-electron chi connectivity index (χ2n) is 5.08. The lowest BCUT2D eigenvalue weighted by molar-refractivity contribution is 0.538. The predicted octanol–water partition coefficient (Wildman–Crippen LogP) is 4.72. The van der Waals surface area contributed by atoms with Crippen LogP contribution in [0, 0.1) is 6.92 Å². The third-order valence-corrected chi connectivity index (χ3v) is 3.28. The van der Waals surface area contributed by atoms with E-state index in [-0.39, 0.29) is 0 Å². The van der Waals surface area contributed by atoms with Gasteiger partial charge in [-0.05, 0) is 13.3 Å². The Labute approximate surface area is 106 Å². The van der Waals surface area contributed by atoms with E-state index in [1.807, 2.05) is 13.3 Å². The molecule has 0 unspecified atom stereocenters. The van der Waals surface area contributed by atoms with Gasteiger partial charge in [0.05, 0.1) is 12.0 Å². The molecule has 0 atom stereocenters. The number of hydrogen-bond donors (Lipinski definition) is 0. The van der Waals surface area contributed by atoms with E-state index in [2.05, 4.69) is 22.7 Å². The van der Waals surface area contributed by atoms with Gasteiger partial charge in [0, 0.05) is 12.7 Å². The van der Waals surface area contributed by atoms with Crippen molar-refractivity contribution >= 4 is 0 Å². The van der Waals surface area contributed by atoms with Gasteiger partial charge in [-0.15, -0.1) is 0 Å². The topological polar surface area (TPSA) is 17.8 Å². The van der Waals surface area contributed by atoms with E-state index in [1.165, 1.54) is 57.8 Å². The van der Waals surface area contributed by atoms with Crippen LogP contribution in [0.3, 0.4) is 0 Å². The minimum atomic E-state index is 1.13. The fourth-order valence-electron chi connectivity index (χ4n) is 2.20. The lowest BCUT2D eigenvalue weighted by Gasteiger charge is -2.03. The Hall–Kier alpha value is -0.790. The first-order chi connectivity index (χ1) is 8.33. The van der Waals surface area contributed by atoms with Crippen molar-refractivity contribution in [2.75, 3.05) is 0 Å². The molecule has 2 nitrogen and oxygen atoms in total. The van der Waals surface area contributed by atoms with Crippen LogP contribution in [-0.4, -0.2) is 9.55 Å². The van der Waals surface area contributed by atoms with Crippen LogP contribution in [0.2, 0.25) is 0 Å². The molecule has 0 aromatic carbocycles. The fourth-order valence-corrected chi connectivity index (χ4v) is 2.20. The average molecular weight is 236 g/mol. The van der Waals surface area contributed by atoms with Crippen LogP contribution in [-0.2, 0) is 6.54 Å². The standard InChI is InChI=1S/C15H28N2/c1-3-4-5-6-7-8-9-10-11-12-17-13-15(2)16-14-17/h13-14H,3-12H2,1-2H3. The molecular formula is C15H28N2.